The number of hydrogen-bond donors (Lipinski definition) is 1. The molecule has 228 valence electrons. The molecular weight excluding hydrogens is 599 g/mol. The fourth-order valence-electron chi connectivity index (χ4n) is 6.40. The molecule has 10 heteroatoms. The standard InChI is InChI=1S/C34H34Cl2N4O4/c1-24-7-11-28(12-8-24)40-23-33(19-31(42)43,22-39(32(40)44)20-25-9-10-27(35)17-29(25)36)18-30(41)38-15-13-34(21-37,14-16-38)26-5-3-2-4-6-26/h2-12,17H,13-16,18-20,22-23H2,1H3,(H,42,43). The SMILES string of the molecule is Cc1ccc(N2CC(CC(=O)O)(CC(=O)N3CCC(C#N)(c4ccccc4)CC3)CN(Cc3ccc(Cl)cc3Cl)C2=O)cc1. The number of anilines is 1. The van der Waals surface area contributed by atoms with Gasteiger partial charge < -0.3 is 14.9 Å². The average molecular weight is 634 g/mol. The lowest BCUT2D eigenvalue weighted by Crippen LogP contribution is -2.60. The van der Waals surface area contributed by atoms with Gasteiger partial charge in [-0.25, -0.2) is 4.79 Å². The second-order valence-corrected chi connectivity index (χ2v) is 12.8. The van der Waals surface area contributed by atoms with Crippen LogP contribution in [0.25, 0.3) is 0 Å². The van der Waals surface area contributed by atoms with Gasteiger partial charge in [0.25, 0.3) is 0 Å². The van der Waals surface area contributed by atoms with Gasteiger partial charge in [0.15, 0.2) is 0 Å². The van der Waals surface area contributed by atoms with Gasteiger partial charge >= 0.3 is 12.0 Å². The van der Waals surface area contributed by atoms with Crippen molar-refractivity contribution in [2.75, 3.05) is 31.1 Å². The fourth-order valence-corrected chi connectivity index (χ4v) is 6.87. The van der Waals surface area contributed by atoms with E-state index in [1.807, 2.05) is 61.5 Å². The highest BCUT2D eigenvalue weighted by atomic mass is 35.5. The van der Waals surface area contributed by atoms with Gasteiger partial charge in [0.1, 0.15) is 0 Å². The number of carbonyl (C=O) groups is 3. The molecule has 0 aliphatic carbocycles. The monoisotopic (exact) mass is 632 g/mol. The van der Waals surface area contributed by atoms with Gasteiger partial charge in [-0.3, -0.25) is 14.5 Å². The van der Waals surface area contributed by atoms with Gasteiger partial charge in [-0.05, 0) is 55.2 Å². The molecule has 3 amide bonds. The Morgan fingerprint density at radius 2 is 1.64 bits per heavy atom. The molecule has 1 unspecified atom stereocenters. The number of nitriles is 1. The molecule has 0 saturated carbocycles. The molecule has 1 atom stereocenters. The molecule has 0 spiro atoms. The molecule has 2 aliphatic rings. The van der Waals surface area contributed by atoms with E-state index in [-0.39, 0.29) is 44.4 Å². The lowest BCUT2D eigenvalue weighted by Gasteiger charge is -2.48. The molecule has 3 aromatic carbocycles. The second kappa shape index (κ2) is 12.9. The Balaban J connectivity index is 1.43. The van der Waals surface area contributed by atoms with E-state index in [1.54, 1.807) is 32.9 Å². The zero-order chi connectivity index (χ0) is 31.5. The number of amides is 3. The molecule has 0 bridgehead atoms. The first-order valence-electron chi connectivity index (χ1n) is 14.6. The van der Waals surface area contributed by atoms with Crippen LogP contribution >= 0.6 is 23.2 Å². The zero-order valence-corrected chi connectivity index (χ0v) is 26.0. The summed E-state index contributed by atoms with van der Waals surface area (Å²) in [7, 11) is 0. The molecule has 1 N–H and O–H groups in total. The minimum absolute atomic E-state index is 0.0607. The lowest BCUT2D eigenvalue weighted by molar-refractivity contribution is -0.142. The van der Waals surface area contributed by atoms with E-state index in [4.69, 9.17) is 23.2 Å². The fraction of sp³-hybridized carbons (Fsp3) is 0.353. The van der Waals surface area contributed by atoms with Crippen LogP contribution in [0, 0.1) is 23.7 Å². The van der Waals surface area contributed by atoms with Crippen LogP contribution in [0.5, 0.6) is 0 Å². The molecule has 2 saturated heterocycles. The molecule has 2 aliphatic heterocycles. The number of urea groups is 1. The van der Waals surface area contributed by atoms with Gasteiger partial charge in [0, 0.05) is 60.3 Å². The molecule has 5 rings (SSSR count). The van der Waals surface area contributed by atoms with Crippen LogP contribution in [-0.2, 0) is 21.5 Å². The number of carbonyl (C=O) groups excluding carboxylic acids is 2. The zero-order valence-electron chi connectivity index (χ0n) is 24.5. The quantitative estimate of drug-likeness (QED) is 0.298. The predicted molar refractivity (Wildman–Crippen MR) is 170 cm³/mol. The minimum Gasteiger partial charge on any atom is -0.481 e. The van der Waals surface area contributed by atoms with Gasteiger partial charge in [-0.15, -0.1) is 0 Å². The van der Waals surface area contributed by atoms with Crippen molar-refractivity contribution in [3.63, 3.8) is 0 Å². The first kappa shape index (κ1) is 31.4. The van der Waals surface area contributed by atoms with E-state index >= 15 is 0 Å². The van der Waals surface area contributed by atoms with Gasteiger partial charge in [-0.1, -0.05) is 77.3 Å². The van der Waals surface area contributed by atoms with Crippen molar-refractivity contribution in [1.29, 1.82) is 5.26 Å². The highest BCUT2D eigenvalue weighted by molar-refractivity contribution is 6.35. The summed E-state index contributed by atoms with van der Waals surface area (Å²) < 4.78 is 0. The number of aryl methyl sites for hydroxylation is 1. The third-order valence-corrected chi connectivity index (χ3v) is 9.39. The largest absolute Gasteiger partial charge is 0.481 e. The number of nitrogens with zero attached hydrogens (tertiary/aromatic N) is 4. The summed E-state index contributed by atoms with van der Waals surface area (Å²) in [6.45, 7) is 2.97. The van der Waals surface area contributed by atoms with Crippen LogP contribution in [0.4, 0.5) is 10.5 Å². The van der Waals surface area contributed by atoms with E-state index in [9.17, 15) is 24.8 Å². The Bertz CT molecular complexity index is 1580. The van der Waals surface area contributed by atoms with E-state index < -0.39 is 16.8 Å². The normalized spacial score (nSPS) is 19.9. The molecule has 2 heterocycles. The molecule has 0 aromatic heterocycles. The lowest BCUT2D eigenvalue weighted by atomic mass is 9.73. The first-order chi connectivity index (χ1) is 21.0. The third kappa shape index (κ3) is 6.69. The number of rotatable bonds is 8. The van der Waals surface area contributed by atoms with Crippen LogP contribution in [0.3, 0.4) is 0 Å². The second-order valence-electron chi connectivity index (χ2n) is 12.0. The number of carboxylic acid groups (broad SMARTS) is 1. The molecule has 0 radical (unpaired) electrons. The van der Waals surface area contributed by atoms with Crippen molar-refractivity contribution in [2.24, 2.45) is 5.41 Å². The van der Waals surface area contributed by atoms with Crippen molar-refractivity contribution in [1.82, 2.24) is 9.80 Å². The third-order valence-electron chi connectivity index (χ3n) is 8.81. The summed E-state index contributed by atoms with van der Waals surface area (Å²) in [4.78, 5) is 45.0. The van der Waals surface area contributed by atoms with E-state index in [0.717, 1.165) is 11.1 Å². The van der Waals surface area contributed by atoms with Crippen molar-refractivity contribution < 1.29 is 19.5 Å². The highest BCUT2D eigenvalue weighted by Crippen LogP contribution is 2.40. The topological polar surface area (TPSA) is 105 Å². The Morgan fingerprint density at radius 3 is 2.25 bits per heavy atom. The van der Waals surface area contributed by atoms with Crippen molar-refractivity contribution in [2.45, 2.75) is 44.6 Å². The van der Waals surface area contributed by atoms with Crippen LogP contribution in [-0.4, -0.2) is 59.0 Å². The summed E-state index contributed by atoms with van der Waals surface area (Å²) in [5.41, 5.74) is 1.48. The van der Waals surface area contributed by atoms with Crippen molar-refractivity contribution in [3.8, 4) is 6.07 Å². The summed E-state index contributed by atoms with van der Waals surface area (Å²) >= 11 is 12.6. The Labute approximate surface area is 267 Å². The number of piperidine rings is 1. The summed E-state index contributed by atoms with van der Waals surface area (Å²) in [5, 5.41) is 21.0. The number of likely N-dealkylation sites (tertiary alicyclic amines) is 1. The number of halogens is 2. The highest BCUT2D eigenvalue weighted by Gasteiger charge is 2.47. The van der Waals surface area contributed by atoms with Crippen molar-refractivity contribution >= 4 is 46.8 Å². The Morgan fingerprint density at radius 1 is 0.955 bits per heavy atom. The summed E-state index contributed by atoms with van der Waals surface area (Å²) in [5.74, 6) is -1.24. The maximum Gasteiger partial charge on any atom is 0.324 e. The average Bonchev–Trinajstić information content (AvgIpc) is 3.00. The summed E-state index contributed by atoms with van der Waals surface area (Å²) in [6.07, 6.45) is 0.602. The summed E-state index contributed by atoms with van der Waals surface area (Å²) in [6, 6.07) is 24.3. The van der Waals surface area contributed by atoms with E-state index in [1.165, 1.54) is 0 Å². The molecule has 2 fully saturated rings. The molecular formula is C34H34Cl2N4O4. The number of carboxylic acids is 1. The first-order valence-corrected chi connectivity index (χ1v) is 15.3. The Kier molecular flexibility index (Phi) is 9.19. The molecule has 44 heavy (non-hydrogen) atoms. The number of hydrogen-bond acceptors (Lipinski definition) is 4. The van der Waals surface area contributed by atoms with Gasteiger partial charge in [0.05, 0.1) is 17.9 Å². The Hall–Kier alpha value is -4.06. The maximum atomic E-state index is 13.9. The van der Waals surface area contributed by atoms with E-state index in [2.05, 4.69) is 6.07 Å². The van der Waals surface area contributed by atoms with Crippen LogP contribution < -0.4 is 4.90 Å². The van der Waals surface area contributed by atoms with Gasteiger partial charge in [-0.2, -0.15) is 5.26 Å². The van der Waals surface area contributed by atoms with E-state index in [0.29, 0.717) is 47.2 Å². The smallest absolute Gasteiger partial charge is 0.324 e. The number of aliphatic carboxylic acids is 1. The van der Waals surface area contributed by atoms with Crippen molar-refractivity contribution in [3.05, 3.63) is 99.5 Å². The maximum absolute atomic E-state index is 13.9. The number of benzene rings is 3. The minimum atomic E-state index is -1.08. The predicted octanol–water partition coefficient (Wildman–Crippen LogP) is 6.68. The van der Waals surface area contributed by atoms with Crippen LogP contribution in [0.15, 0.2) is 72.8 Å². The molecule has 8 nitrogen and oxygen atoms in total. The van der Waals surface area contributed by atoms with Gasteiger partial charge in [0.2, 0.25) is 5.91 Å². The van der Waals surface area contributed by atoms with Crippen LogP contribution in [0.1, 0.15) is 42.4 Å². The van der Waals surface area contributed by atoms with Crippen LogP contribution in [0.2, 0.25) is 10.0 Å². The molecule has 3 aromatic rings.